The Kier molecular flexibility index (Phi) is 2.74. The number of likely N-dealkylation sites (tertiary alicyclic amines) is 1. The van der Waals surface area contributed by atoms with Gasteiger partial charge >= 0.3 is 6.09 Å². The van der Waals surface area contributed by atoms with Gasteiger partial charge in [0.1, 0.15) is 11.4 Å². The molecule has 3 rings (SSSR count). The molecule has 6 nitrogen and oxygen atoms in total. The molecular weight excluding hydrogens is 232 g/mol. The largest absolute Gasteiger partial charge is 0.440 e. The van der Waals surface area contributed by atoms with Crippen molar-refractivity contribution in [1.29, 1.82) is 0 Å². The molecule has 2 fully saturated rings. The molecule has 1 aromatic heterocycles. The minimum Gasteiger partial charge on any atom is -0.440 e. The van der Waals surface area contributed by atoms with E-state index >= 15 is 0 Å². The van der Waals surface area contributed by atoms with Gasteiger partial charge in [-0.3, -0.25) is 4.90 Å². The van der Waals surface area contributed by atoms with Crippen molar-refractivity contribution < 1.29 is 9.53 Å². The Morgan fingerprint density at radius 1 is 1.56 bits per heavy atom. The average Bonchev–Trinajstić information content (AvgIpc) is 2.89. The molecule has 1 N–H and O–H groups in total. The van der Waals surface area contributed by atoms with E-state index in [4.69, 9.17) is 4.74 Å². The molecule has 1 spiro atoms. The summed E-state index contributed by atoms with van der Waals surface area (Å²) in [6.07, 6.45) is 5.41. The Balaban J connectivity index is 1.67. The number of likely N-dealkylation sites (N-methyl/N-ethyl adjacent to an activating group) is 1. The maximum Gasteiger partial charge on any atom is 0.410 e. The summed E-state index contributed by atoms with van der Waals surface area (Å²) in [5, 5.41) is 0. The number of carbonyl (C=O) groups excluding carboxylic acids is 1. The quantitative estimate of drug-likeness (QED) is 0.844. The molecule has 1 aromatic rings. The number of nitrogens with one attached hydrogen (secondary N) is 1. The topological polar surface area (TPSA) is 61.5 Å². The van der Waals surface area contributed by atoms with Crippen molar-refractivity contribution in [3.05, 3.63) is 18.2 Å². The highest BCUT2D eigenvalue weighted by Crippen LogP contribution is 2.31. The number of carbonyl (C=O) groups is 1. The van der Waals surface area contributed by atoms with Crippen LogP contribution in [0.15, 0.2) is 12.4 Å². The van der Waals surface area contributed by atoms with E-state index < -0.39 is 0 Å². The lowest BCUT2D eigenvalue weighted by Crippen LogP contribution is -2.50. The summed E-state index contributed by atoms with van der Waals surface area (Å²) in [6, 6.07) is 0. The lowest BCUT2D eigenvalue weighted by Gasteiger charge is -2.37. The molecule has 2 aliphatic heterocycles. The predicted molar refractivity (Wildman–Crippen MR) is 64.9 cm³/mol. The van der Waals surface area contributed by atoms with E-state index in [1.54, 1.807) is 18.1 Å². The van der Waals surface area contributed by atoms with Gasteiger partial charge in [-0.05, 0) is 19.4 Å². The van der Waals surface area contributed by atoms with Crippen LogP contribution in [0.1, 0.15) is 18.7 Å². The molecule has 0 radical (unpaired) electrons. The van der Waals surface area contributed by atoms with E-state index in [0.717, 1.165) is 38.3 Å². The van der Waals surface area contributed by atoms with Crippen LogP contribution in [0, 0.1) is 0 Å². The fraction of sp³-hybridized carbons (Fsp3) is 0.667. The fourth-order valence-electron chi connectivity index (χ4n) is 2.93. The molecule has 2 aliphatic rings. The van der Waals surface area contributed by atoms with E-state index in [1.165, 1.54) is 0 Å². The number of amides is 1. The highest BCUT2D eigenvalue weighted by molar-refractivity contribution is 5.70. The third kappa shape index (κ3) is 2.08. The zero-order valence-electron chi connectivity index (χ0n) is 10.6. The van der Waals surface area contributed by atoms with Gasteiger partial charge in [-0.25, -0.2) is 9.78 Å². The van der Waals surface area contributed by atoms with Crippen LogP contribution >= 0.6 is 0 Å². The summed E-state index contributed by atoms with van der Waals surface area (Å²) in [7, 11) is 1.79. The number of piperidine rings is 1. The standard InChI is InChI=1S/C12H18N4O2/c1-15-8-12(18-11(15)17)3-2-6-16(9-12)7-10-13-4-5-14-10/h4-5H,2-3,6-9H2,1H3,(H,13,14). The first-order valence-corrected chi connectivity index (χ1v) is 6.32. The van der Waals surface area contributed by atoms with Gasteiger partial charge < -0.3 is 14.6 Å². The molecular formula is C12H18N4O2. The Morgan fingerprint density at radius 3 is 3.11 bits per heavy atom. The molecule has 0 aromatic carbocycles. The normalized spacial score (nSPS) is 28.9. The minimum absolute atomic E-state index is 0.199. The van der Waals surface area contributed by atoms with Crippen molar-refractivity contribution in [2.75, 3.05) is 26.7 Å². The molecule has 2 saturated heterocycles. The summed E-state index contributed by atoms with van der Waals surface area (Å²) in [6.45, 7) is 3.31. The fourth-order valence-corrected chi connectivity index (χ4v) is 2.93. The second-order valence-corrected chi connectivity index (χ2v) is 5.26. The van der Waals surface area contributed by atoms with Crippen LogP contribution in [0.25, 0.3) is 0 Å². The van der Waals surface area contributed by atoms with Crippen molar-refractivity contribution in [3.8, 4) is 0 Å². The molecule has 0 bridgehead atoms. The van der Waals surface area contributed by atoms with Gasteiger partial charge in [0.05, 0.1) is 13.1 Å². The van der Waals surface area contributed by atoms with Gasteiger partial charge in [0.25, 0.3) is 0 Å². The van der Waals surface area contributed by atoms with Crippen molar-refractivity contribution in [2.24, 2.45) is 0 Å². The zero-order valence-corrected chi connectivity index (χ0v) is 10.6. The first-order chi connectivity index (χ1) is 8.67. The first kappa shape index (κ1) is 11.5. The molecule has 3 heterocycles. The number of ether oxygens (including phenoxy) is 1. The monoisotopic (exact) mass is 250 g/mol. The summed E-state index contributed by atoms with van der Waals surface area (Å²) in [4.78, 5) is 22.9. The summed E-state index contributed by atoms with van der Waals surface area (Å²) in [5.74, 6) is 0.963. The Hall–Kier alpha value is -1.56. The average molecular weight is 250 g/mol. The molecule has 0 saturated carbocycles. The maximum absolute atomic E-state index is 11.5. The van der Waals surface area contributed by atoms with Crippen LogP contribution in [-0.2, 0) is 11.3 Å². The second kappa shape index (κ2) is 4.28. The molecule has 1 amide bonds. The lowest BCUT2D eigenvalue weighted by molar-refractivity contribution is -0.0119. The van der Waals surface area contributed by atoms with Gasteiger partial charge in [0.2, 0.25) is 0 Å². The minimum atomic E-state index is -0.309. The van der Waals surface area contributed by atoms with Crippen LogP contribution in [0.3, 0.4) is 0 Å². The van der Waals surface area contributed by atoms with E-state index in [2.05, 4.69) is 14.9 Å². The Morgan fingerprint density at radius 2 is 2.44 bits per heavy atom. The van der Waals surface area contributed by atoms with Gasteiger partial charge in [-0.15, -0.1) is 0 Å². The number of rotatable bonds is 2. The van der Waals surface area contributed by atoms with Gasteiger partial charge in [0.15, 0.2) is 0 Å². The third-order valence-electron chi connectivity index (χ3n) is 3.69. The summed E-state index contributed by atoms with van der Waals surface area (Å²) < 4.78 is 5.57. The van der Waals surface area contributed by atoms with E-state index in [9.17, 15) is 4.79 Å². The van der Waals surface area contributed by atoms with Crippen LogP contribution in [0.4, 0.5) is 4.79 Å². The smallest absolute Gasteiger partial charge is 0.410 e. The summed E-state index contributed by atoms with van der Waals surface area (Å²) in [5.41, 5.74) is -0.309. The van der Waals surface area contributed by atoms with Crippen molar-refractivity contribution in [3.63, 3.8) is 0 Å². The number of hydrogen-bond acceptors (Lipinski definition) is 4. The first-order valence-electron chi connectivity index (χ1n) is 6.32. The predicted octanol–water partition coefficient (Wildman–Crippen LogP) is 0.826. The van der Waals surface area contributed by atoms with Crippen molar-refractivity contribution in [1.82, 2.24) is 19.8 Å². The number of imidazole rings is 1. The van der Waals surface area contributed by atoms with Crippen LogP contribution < -0.4 is 0 Å². The van der Waals surface area contributed by atoms with E-state index in [-0.39, 0.29) is 11.7 Å². The number of nitrogens with zero attached hydrogens (tertiary/aromatic N) is 3. The van der Waals surface area contributed by atoms with Gasteiger partial charge in [0, 0.05) is 26.0 Å². The maximum atomic E-state index is 11.5. The van der Waals surface area contributed by atoms with E-state index in [1.807, 2.05) is 6.20 Å². The molecule has 18 heavy (non-hydrogen) atoms. The van der Waals surface area contributed by atoms with Crippen molar-refractivity contribution in [2.45, 2.75) is 25.0 Å². The number of aromatic amines is 1. The van der Waals surface area contributed by atoms with Crippen molar-refractivity contribution >= 4 is 6.09 Å². The molecule has 98 valence electrons. The highest BCUT2D eigenvalue weighted by atomic mass is 16.6. The molecule has 1 atom stereocenters. The molecule has 1 unspecified atom stereocenters. The highest BCUT2D eigenvalue weighted by Gasteiger charge is 2.46. The zero-order chi connectivity index (χ0) is 12.6. The van der Waals surface area contributed by atoms with E-state index in [0.29, 0.717) is 6.54 Å². The number of H-pyrrole nitrogens is 1. The number of aromatic nitrogens is 2. The van der Waals surface area contributed by atoms with Gasteiger partial charge in [-0.1, -0.05) is 0 Å². The third-order valence-corrected chi connectivity index (χ3v) is 3.69. The summed E-state index contributed by atoms with van der Waals surface area (Å²) >= 11 is 0. The SMILES string of the molecule is CN1CC2(CCCN(Cc3ncc[nH]3)C2)OC1=O. The van der Waals surface area contributed by atoms with Crippen LogP contribution in [0.2, 0.25) is 0 Å². The van der Waals surface area contributed by atoms with Crippen LogP contribution in [0.5, 0.6) is 0 Å². The molecule has 6 heteroatoms. The lowest BCUT2D eigenvalue weighted by atomic mass is 9.93. The molecule has 0 aliphatic carbocycles. The van der Waals surface area contributed by atoms with Crippen LogP contribution in [-0.4, -0.2) is 58.1 Å². The Labute approximate surface area is 106 Å². The van der Waals surface area contributed by atoms with Gasteiger partial charge in [-0.2, -0.15) is 0 Å². The number of hydrogen-bond donors (Lipinski definition) is 1. The second-order valence-electron chi connectivity index (χ2n) is 5.26. The Bertz CT molecular complexity index is 433.